The number of ether oxygens (including phenoxy) is 1. The Morgan fingerprint density at radius 2 is 1.74 bits per heavy atom. The van der Waals surface area contributed by atoms with Gasteiger partial charge in [0.15, 0.2) is 0 Å². The van der Waals surface area contributed by atoms with Gasteiger partial charge in [0.05, 0.1) is 0 Å². The molecule has 0 aromatic carbocycles. The summed E-state index contributed by atoms with van der Waals surface area (Å²) in [5, 5.41) is 9.57. The lowest BCUT2D eigenvalue weighted by molar-refractivity contribution is 0.0269. The molecular weight excluding hydrogens is 242 g/mol. The number of carbonyl (C=O) groups is 1. The van der Waals surface area contributed by atoms with Gasteiger partial charge in [-0.15, -0.1) is 0 Å². The van der Waals surface area contributed by atoms with Crippen molar-refractivity contribution in [1.82, 2.24) is 4.90 Å². The van der Waals surface area contributed by atoms with E-state index >= 15 is 0 Å². The van der Waals surface area contributed by atoms with Gasteiger partial charge in [-0.2, -0.15) is 0 Å². The molecule has 1 amide bonds. The molecule has 19 heavy (non-hydrogen) atoms. The number of piperidine rings is 1. The van der Waals surface area contributed by atoms with Gasteiger partial charge >= 0.3 is 6.09 Å². The molecule has 1 aliphatic carbocycles. The van der Waals surface area contributed by atoms with Crippen molar-refractivity contribution < 1.29 is 14.6 Å². The Morgan fingerprint density at radius 1 is 1.21 bits per heavy atom. The van der Waals surface area contributed by atoms with Crippen molar-refractivity contribution >= 4 is 6.09 Å². The van der Waals surface area contributed by atoms with Crippen LogP contribution in [0.3, 0.4) is 0 Å². The van der Waals surface area contributed by atoms with Crippen molar-refractivity contribution in [2.45, 2.75) is 45.8 Å². The second-order valence-electron chi connectivity index (χ2n) is 7.07. The quantitative estimate of drug-likeness (QED) is 0.680. The predicted octanol–water partition coefficient (Wildman–Crippen LogP) is 1.87. The van der Waals surface area contributed by atoms with Gasteiger partial charge in [-0.25, -0.2) is 4.79 Å². The minimum absolute atomic E-state index is 0.228. The molecule has 106 valence electrons. The number of rotatable bonds is 0. The highest BCUT2D eigenvalue weighted by molar-refractivity contribution is 5.69. The van der Waals surface area contributed by atoms with E-state index in [0.29, 0.717) is 17.8 Å². The third-order valence-electron chi connectivity index (χ3n) is 3.39. The Hall–Kier alpha value is -1.21. The van der Waals surface area contributed by atoms with Crippen LogP contribution in [0.2, 0.25) is 0 Å². The lowest BCUT2D eigenvalue weighted by atomic mass is 10.1. The number of aliphatic hydroxyl groups is 1. The number of amides is 1. The van der Waals surface area contributed by atoms with Gasteiger partial charge in [0.1, 0.15) is 11.2 Å². The van der Waals surface area contributed by atoms with E-state index in [9.17, 15) is 9.90 Å². The Morgan fingerprint density at radius 3 is 2.16 bits per heavy atom. The van der Waals surface area contributed by atoms with Gasteiger partial charge in [0.25, 0.3) is 0 Å². The number of fused-ring (bicyclic) bond motifs is 1. The molecule has 1 saturated carbocycles. The lowest BCUT2D eigenvalue weighted by Gasteiger charge is -2.25. The van der Waals surface area contributed by atoms with E-state index in [1.165, 1.54) is 0 Å². The summed E-state index contributed by atoms with van der Waals surface area (Å²) in [6, 6.07) is 0. The first-order valence-electron chi connectivity index (χ1n) is 6.80. The zero-order valence-corrected chi connectivity index (χ0v) is 12.4. The van der Waals surface area contributed by atoms with Gasteiger partial charge in [-0.1, -0.05) is 11.8 Å². The van der Waals surface area contributed by atoms with Gasteiger partial charge < -0.3 is 14.7 Å². The van der Waals surface area contributed by atoms with Gasteiger partial charge in [-0.3, -0.25) is 0 Å². The Kier molecular flexibility index (Phi) is 3.30. The molecule has 2 fully saturated rings. The first-order chi connectivity index (χ1) is 8.57. The predicted molar refractivity (Wildman–Crippen MR) is 72.4 cm³/mol. The van der Waals surface area contributed by atoms with Gasteiger partial charge in [-0.05, 0) is 46.5 Å². The first kappa shape index (κ1) is 14.2. The third-order valence-corrected chi connectivity index (χ3v) is 3.39. The molecule has 4 nitrogen and oxygen atoms in total. The first-order valence-corrected chi connectivity index (χ1v) is 6.80. The number of hydrogen-bond donors (Lipinski definition) is 1. The molecule has 1 unspecified atom stereocenters. The topological polar surface area (TPSA) is 49.8 Å². The normalized spacial score (nSPS) is 29.4. The Labute approximate surface area is 115 Å². The standard InChI is InChI=1S/C15H23NO3/c1-14(2,3)19-13(17)16-8-11-10(12(11)9-16)6-7-15(4,5)18/h10-12,18H,8-9H2,1-5H3/t10?,11-,12+. The zero-order chi connectivity index (χ0) is 14.4. The van der Waals surface area contributed by atoms with Crippen molar-refractivity contribution in [3.8, 4) is 11.8 Å². The largest absolute Gasteiger partial charge is 0.444 e. The summed E-state index contributed by atoms with van der Waals surface area (Å²) in [6.07, 6.45) is -0.228. The fraction of sp³-hybridized carbons (Fsp3) is 0.800. The van der Waals surface area contributed by atoms with Crippen LogP contribution in [-0.2, 0) is 4.74 Å². The van der Waals surface area contributed by atoms with E-state index in [1.807, 2.05) is 20.8 Å². The van der Waals surface area contributed by atoms with Crippen LogP contribution in [-0.4, -0.2) is 40.4 Å². The molecule has 4 heteroatoms. The smallest absolute Gasteiger partial charge is 0.410 e. The maximum absolute atomic E-state index is 11.9. The van der Waals surface area contributed by atoms with Crippen molar-refractivity contribution in [1.29, 1.82) is 0 Å². The Balaban J connectivity index is 1.84. The van der Waals surface area contributed by atoms with Gasteiger partial charge in [0.2, 0.25) is 0 Å². The SMILES string of the molecule is CC(C)(O)C#CC1[C@H]2CN(C(=O)OC(C)(C)C)C[C@@H]12. The highest BCUT2D eigenvalue weighted by Gasteiger charge is 2.56. The van der Waals surface area contributed by atoms with Crippen LogP contribution in [0.5, 0.6) is 0 Å². The third kappa shape index (κ3) is 3.63. The maximum atomic E-state index is 11.9. The number of hydrogen-bond acceptors (Lipinski definition) is 3. The zero-order valence-electron chi connectivity index (χ0n) is 12.4. The molecule has 1 N–H and O–H groups in total. The van der Waals surface area contributed by atoms with Crippen LogP contribution in [0.4, 0.5) is 4.79 Å². The molecule has 2 rings (SSSR count). The second-order valence-corrected chi connectivity index (χ2v) is 7.07. The average molecular weight is 265 g/mol. The summed E-state index contributed by atoms with van der Waals surface area (Å²) in [6.45, 7) is 10.4. The molecule has 3 atom stereocenters. The van der Waals surface area contributed by atoms with Crippen molar-refractivity contribution in [2.75, 3.05) is 13.1 Å². The second kappa shape index (κ2) is 4.42. The molecule has 0 aromatic rings. The molecule has 2 aliphatic rings. The molecule has 1 saturated heterocycles. The molecule has 1 aliphatic heterocycles. The van der Waals surface area contributed by atoms with E-state index in [-0.39, 0.29) is 6.09 Å². The highest BCUT2D eigenvalue weighted by Crippen LogP contribution is 2.51. The molecule has 0 bridgehead atoms. The van der Waals surface area contributed by atoms with Gasteiger partial charge in [0, 0.05) is 19.0 Å². The van der Waals surface area contributed by atoms with E-state index in [2.05, 4.69) is 11.8 Å². The molecule has 1 heterocycles. The summed E-state index contributed by atoms with van der Waals surface area (Å²) < 4.78 is 5.35. The molecule has 0 aromatic heterocycles. The minimum Gasteiger partial charge on any atom is -0.444 e. The van der Waals surface area contributed by atoms with Crippen LogP contribution in [0, 0.1) is 29.6 Å². The van der Waals surface area contributed by atoms with Crippen LogP contribution in [0.15, 0.2) is 0 Å². The van der Waals surface area contributed by atoms with E-state index < -0.39 is 11.2 Å². The summed E-state index contributed by atoms with van der Waals surface area (Å²) in [5.41, 5.74) is -1.37. The summed E-state index contributed by atoms with van der Waals surface area (Å²) in [5.74, 6) is 7.25. The van der Waals surface area contributed by atoms with Crippen molar-refractivity contribution in [2.24, 2.45) is 17.8 Å². The number of nitrogens with zero attached hydrogens (tertiary/aromatic N) is 1. The Bertz CT molecular complexity index is 421. The lowest BCUT2D eigenvalue weighted by Crippen LogP contribution is -2.37. The number of carbonyl (C=O) groups excluding carboxylic acids is 1. The summed E-state index contributed by atoms with van der Waals surface area (Å²) >= 11 is 0. The van der Waals surface area contributed by atoms with Crippen LogP contribution in [0.1, 0.15) is 34.6 Å². The monoisotopic (exact) mass is 265 g/mol. The van der Waals surface area contributed by atoms with Crippen LogP contribution < -0.4 is 0 Å². The summed E-state index contributed by atoms with van der Waals surface area (Å²) in [4.78, 5) is 13.6. The fourth-order valence-corrected chi connectivity index (χ4v) is 2.48. The van der Waals surface area contributed by atoms with Crippen molar-refractivity contribution in [3.05, 3.63) is 0 Å². The van der Waals surface area contributed by atoms with Crippen molar-refractivity contribution in [3.63, 3.8) is 0 Å². The molecular formula is C15H23NO3. The fourth-order valence-electron chi connectivity index (χ4n) is 2.48. The number of likely N-dealkylation sites (tertiary alicyclic amines) is 1. The van der Waals surface area contributed by atoms with E-state index in [0.717, 1.165) is 13.1 Å². The minimum atomic E-state index is -0.929. The van der Waals surface area contributed by atoms with E-state index in [4.69, 9.17) is 4.74 Å². The molecule has 0 spiro atoms. The maximum Gasteiger partial charge on any atom is 0.410 e. The summed E-state index contributed by atoms with van der Waals surface area (Å²) in [7, 11) is 0. The molecule has 0 radical (unpaired) electrons. The van der Waals surface area contributed by atoms with Crippen LogP contribution in [0.25, 0.3) is 0 Å². The average Bonchev–Trinajstić information content (AvgIpc) is 2.65. The highest BCUT2D eigenvalue weighted by atomic mass is 16.6. The van der Waals surface area contributed by atoms with Crippen LogP contribution >= 0.6 is 0 Å². The van der Waals surface area contributed by atoms with E-state index in [1.54, 1.807) is 18.7 Å².